The maximum atomic E-state index is 13.1. The van der Waals surface area contributed by atoms with Crippen LogP contribution in [0.15, 0.2) is 34.7 Å². The zero-order chi connectivity index (χ0) is 17.0. The van der Waals surface area contributed by atoms with Gasteiger partial charge in [0.05, 0.1) is 19.1 Å². The summed E-state index contributed by atoms with van der Waals surface area (Å²) in [7, 11) is 0. The van der Waals surface area contributed by atoms with E-state index in [1.807, 2.05) is 0 Å². The van der Waals surface area contributed by atoms with E-state index in [1.165, 1.54) is 31.2 Å². The molecule has 0 aliphatic carbocycles. The number of nitrogens with one attached hydrogen (secondary N) is 1. The molecular formula is C16H16FNO5. The first-order chi connectivity index (χ1) is 10.9. The lowest BCUT2D eigenvalue weighted by molar-refractivity contribution is -0.123. The second-order valence-electron chi connectivity index (χ2n) is 5.04. The number of carbonyl (C=O) groups excluding carboxylic acids is 1. The largest absolute Gasteiger partial charge is 0.478 e. The minimum Gasteiger partial charge on any atom is -0.478 e. The van der Waals surface area contributed by atoms with E-state index in [2.05, 4.69) is 5.32 Å². The summed E-state index contributed by atoms with van der Waals surface area (Å²) < 4.78 is 18.3. The molecule has 0 fully saturated rings. The van der Waals surface area contributed by atoms with Gasteiger partial charge in [0, 0.05) is 0 Å². The molecule has 6 nitrogen and oxygen atoms in total. The van der Waals surface area contributed by atoms with E-state index in [-0.39, 0.29) is 24.3 Å². The van der Waals surface area contributed by atoms with Gasteiger partial charge in [0.15, 0.2) is 0 Å². The summed E-state index contributed by atoms with van der Waals surface area (Å²) in [6.45, 7) is 1.52. The van der Waals surface area contributed by atoms with Crippen molar-refractivity contribution >= 4 is 11.9 Å². The Morgan fingerprint density at radius 3 is 2.70 bits per heavy atom. The molecule has 23 heavy (non-hydrogen) atoms. The highest BCUT2D eigenvalue weighted by atomic mass is 19.1. The lowest BCUT2D eigenvalue weighted by atomic mass is 10.1. The number of carboxylic acid groups (broad SMARTS) is 1. The second kappa shape index (κ2) is 7.06. The van der Waals surface area contributed by atoms with Gasteiger partial charge in [0.1, 0.15) is 22.9 Å². The molecular weight excluding hydrogens is 305 g/mol. The molecule has 0 aliphatic rings. The fraction of sp³-hybridized carbons (Fsp3) is 0.250. The average Bonchev–Trinajstić information content (AvgIpc) is 2.86. The molecule has 2 rings (SSSR count). The van der Waals surface area contributed by atoms with Crippen LogP contribution in [0.5, 0.6) is 0 Å². The minimum absolute atomic E-state index is 0.00280. The average molecular weight is 321 g/mol. The number of rotatable bonds is 6. The third-order valence-electron chi connectivity index (χ3n) is 3.27. The van der Waals surface area contributed by atoms with E-state index in [1.54, 1.807) is 0 Å². The number of hydrogen-bond donors (Lipinski definition) is 3. The molecule has 0 aliphatic heterocycles. The SMILES string of the molecule is Cc1oc(CNC(=O)CC(O)c2cccc(F)c2)cc1C(=O)O. The first-order valence-corrected chi connectivity index (χ1v) is 6.89. The van der Waals surface area contributed by atoms with Crippen LogP contribution in [0.2, 0.25) is 0 Å². The summed E-state index contributed by atoms with van der Waals surface area (Å²) in [5, 5.41) is 21.3. The minimum atomic E-state index is -1.13. The number of benzene rings is 1. The number of halogens is 1. The molecule has 0 bridgehead atoms. The summed E-state index contributed by atoms with van der Waals surface area (Å²) in [5.74, 6) is -1.51. The number of amides is 1. The summed E-state index contributed by atoms with van der Waals surface area (Å²) in [4.78, 5) is 22.7. The summed E-state index contributed by atoms with van der Waals surface area (Å²) >= 11 is 0. The van der Waals surface area contributed by atoms with Crippen LogP contribution in [0, 0.1) is 12.7 Å². The van der Waals surface area contributed by atoms with Gasteiger partial charge in [-0.3, -0.25) is 4.79 Å². The first-order valence-electron chi connectivity index (χ1n) is 6.89. The molecule has 0 saturated heterocycles. The second-order valence-corrected chi connectivity index (χ2v) is 5.04. The number of hydrogen-bond acceptors (Lipinski definition) is 4. The monoisotopic (exact) mass is 321 g/mol. The number of aryl methyl sites for hydroxylation is 1. The Labute approximate surface area is 131 Å². The van der Waals surface area contributed by atoms with Crippen molar-refractivity contribution in [3.8, 4) is 0 Å². The van der Waals surface area contributed by atoms with E-state index in [4.69, 9.17) is 9.52 Å². The van der Waals surface area contributed by atoms with Gasteiger partial charge in [-0.2, -0.15) is 0 Å². The lowest BCUT2D eigenvalue weighted by Gasteiger charge is -2.10. The van der Waals surface area contributed by atoms with Crippen LogP contribution in [0.1, 0.15) is 40.0 Å². The van der Waals surface area contributed by atoms with Crippen molar-refractivity contribution in [2.24, 2.45) is 0 Å². The fourth-order valence-electron chi connectivity index (χ4n) is 2.11. The van der Waals surface area contributed by atoms with Crippen molar-refractivity contribution in [3.63, 3.8) is 0 Å². The number of aromatic carboxylic acids is 1. The third kappa shape index (κ3) is 4.40. The molecule has 0 spiro atoms. The Hall–Kier alpha value is -2.67. The lowest BCUT2D eigenvalue weighted by Crippen LogP contribution is -2.24. The predicted molar refractivity (Wildman–Crippen MR) is 78.2 cm³/mol. The molecule has 1 atom stereocenters. The summed E-state index contributed by atoms with van der Waals surface area (Å²) in [6.07, 6.45) is -1.37. The molecule has 1 unspecified atom stereocenters. The van der Waals surface area contributed by atoms with Crippen molar-refractivity contribution in [2.45, 2.75) is 26.0 Å². The molecule has 0 saturated carbocycles. The van der Waals surface area contributed by atoms with Crippen molar-refractivity contribution in [2.75, 3.05) is 0 Å². The molecule has 2 aromatic rings. The molecule has 1 aromatic carbocycles. The molecule has 0 radical (unpaired) electrons. The molecule has 7 heteroatoms. The first kappa shape index (κ1) is 16.7. The quantitative estimate of drug-likeness (QED) is 0.757. The van der Waals surface area contributed by atoms with Crippen LogP contribution < -0.4 is 5.32 Å². The van der Waals surface area contributed by atoms with Crippen molar-refractivity contribution in [1.29, 1.82) is 0 Å². The van der Waals surface area contributed by atoms with Gasteiger partial charge in [-0.05, 0) is 30.7 Å². The highest BCUT2D eigenvalue weighted by Crippen LogP contribution is 2.18. The number of carbonyl (C=O) groups is 2. The maximum Gasteiger partial charge on any atom is 0.339 e. The van der Waals surface area contributed by atoms with E-state index >= 15 is 0 Å². The van der Waals surface area contributed by atoms with Crippen LogP contribution in [-0.4, -0.2) is 22.1 Å². The maximum absolute atomic E-state index is 13.1. The zero-order valence-corrected chi connectivity index (χ0v) is 12.4. The smallest absolute Gasteiger partial charge is 0.339 e. The zero-order valence-electron chi connectivity index (χ0n) is 12.4. The van der Waals surface area contributed by atoms with Crippen LogP contribution in [0.25, 0.3) is 0 Å². The number of aliphatic hydroxyl groups excluding tert-OH is 1. The summed E-state index contributed by atoms with van der Waals surface area (Å²) in [5.41, 5.74) is 0.344. The molecule has 3 N–H and O–H groups in total. The topological polar surface area (TPSA) is 99.8 Å². The van der Waals surface area contributed by atoms with E-state index in [9.17, 15) is 19.1 Å². The molecule has 1 heterocycles. The van der Waals surface area contributed by atoms with Crippen LogP contribution >= 0.6 is 0 Å². The van der Waals surface area contributed by atoms with Gasteiger partial charge in [-0.15, -0.1) is 0 Å². The van der Waals surface area contributed by atoms with Gasteiger partial charge in [0.2, 0.25) is 5.91 Å². The van der Waals surface area contributed by atoms with Gasteiger partial charge < -0.3 is 19.9 Å². The normalized spacial score (nSPS) is 12.0. The molecule has 1 amide bonds. The Bertz CT molecular complexity index is 725. The van der Waals surface area contributed by atoms with Gasteiger partial charge >= 0.3 is 5.97 Å². The standard InChI is InChI=1S/C16H16FNO5/c1-9-13(16(21)22)6-12(23-9)8-18-15(20)7-14(19)10-3-2-4-11(17)5-10/h2-6,14,19H,7-8H2,1H3,(H,18,20)(H,21,22). The highest BCUT2D eigenvalue weighted by molar-refractivity contribution is 5.88. The Balaban J connectivity index is 1.90. The predicted octanol–water partition coefficient (Wildman–Crippen LogP) is 2.17. The third-order valence-corrected chi connectivity index (χ3v) is 3.27. The van der Waals surface area contributed by atoms with E-state index in [0.29, 0.717) is 11.3 Å². The van der Waals surface area contributed by atoms with Crippen LogP contribution in [0.3, 0.4) is 0 Å². The van der Waals surface area contributed by atoms with E-state index < -0.39 is 23.8 Å². The summed E-state index contributed by atoms with van der Waals surface area (Å²) in [6, 6.07) is 6.71. The number of carboxylic acids is 1. The van der Waals surface area contributed by atoms with Crippen molar-refractivity contribution in [1.82, 2.24) is 5.32 Å². The van der Waals surface area contributed by atoms with Gasteiger partial charge in [0.25, 0.3) is 0 Å². The van der Waals surface area contributed by atoms with Crippen LogP contribution in [-0.2, 0) is 11.3 Å². The molecule has 1 aromatic heterocycles. The molecule has 122 valence electrons. The number of furan rings is 1. The van der Waals surface area contributed by atoms with Gasteiger partial charge in [-0.1, -0.05) is 12.1 Å². The Morgan fingerprint density at radius 1 is 1.35 bits per heavy atom. The fourth-order valence-corrected chi connectivity index (χ4v) is 2.11. The van der Waals surface area contributed by atoms with Crippen molar-refractivity contribution < 1.29 is 28.6 Å². The number of aliphatic hydroxyl groups is 1. The van der Waals surface area contributed by atoms with Crippen molar-refractivity contribution in [3.05, 3.63) is 58.8 Å². The Morgan fingerprint density at radius 2 is 2.09 bits per heavy atom. The van der Waals surface area contributed by atoms with Crippen LogP contribution in [0.4, 0.5) is 4.39 Å². The Kier molecular flexibility index (Phi) is 5.13. The highest BCUT2D eigenvalue weighted by Gasteiger charge is 2.16. The van der Waals surface area contributed by atoms with E-state index in [0.717, 1.165) is 6.07 Å². The van der Waals surface area contributed by atoms with Gasteiger partial charge in [-0.25, -0.2) is 9.18 Å².